The van der Waals surface area contributed by atoms with Gasteiger partial charge in [-0.1, -0.05) is 6.07 Å². The first-order valence-corrected chi connectivity index (χ1v) is 7.44. The van der Waals surface area contributed by atoms with Gasteiger partial charge in [-0.15, -0.1) is 0 Å². The molecule has 6 nitrogen and oxygen atoms in total. The Hall–Kier alpha value is -2.34. The van der Waals surface area contributed by atoms with Crippen molar-refractivity contribution in [2.45, 2.75) is 25.4 Å². The summed E-state index contributed by atoms with van der Waals surface area (Å²) in [6.45, 7) is 1.23. The minimum absolute atomic E-state index is 0.0900. The summed E-state index contributed by atoms with van der Waals surface area (Å²) in [5.41, 5.74) is 1.88. The third kappa shape index (κ3) is 3.28. The molecular weight excluding hydrogens is 280 g/mol. The molecule has 0 spiro atoms. The van der Waals surface area contributed by atoms with E-state index in [9.17, 15) is 9.90 Å². The summed E-state index contributed by atoms with van der Waals surface area (Å²) in [6, 6.07) is 5.37. The first kappa shape index (κ1) is 14.6. The van der Waals surface area contributed by atoms with Gasteiger partial charge in [0.2, 0.25) is 0 Å². The first-order valence-electron chi connectivity index (χ1n) is 7.44. The van der Waals surface area contributed by atoms with Crippen LogP contribution in [-0.2, 0) is 0 Å². The van der Waals surface area contributed by atoms with E-state index in [1.807, 2.05) is 12.1 Å². The highest BCUT2D eigenvalue weighted by molar-refractivity contribution is 5.92. The zero-order valence-corrected chi connectivity index (χ0v) is 12.2. The molecule has 0 aliphatic carbocycles. The van der Waals surface area contributed by atoms with Gasteiger partial charge in [-0.25, -0.2) is 15.0 Å². The molecule has 0 unspecified atom stereocenters. The Labute approximate surface area is 128 Å². The predicted molar refractivity (Wildman–Crippen MR) is 81.0 cm³/mol. The molecule has 1 N–H and O–H groups in total. The van der Waals surface area contributed by atoms with Crippen LogP contribution in [0, 0.1) is 0 Å². The fraction of sp³-hybridized carbons (Fsp3) is 0.375. The highest BCUT2D eigenvalue weighted by Gasteiger charge is 2.21. The molecule has 0 aromatic carbocycles. The van der Waals surface area contributed by atoms with Gasteiger partial charge in [-0.2, -0.15) is 0 Å². The highest BCUT2D eigenvalue weighted by atomic mass is 16.3. The molecular formula is C16H18N4O2. The smallest absolute Gasteiger partial charge is 0.272 e. The van der Waals surface area contributed by atoms with Gasteiger partial charge in [-0.3, -0.25) is 4.79 Å². The number of rotatable bonds is 2. The Morgan fingerprint density at radius 1 is 1.18 bits per heavy atom. The number of amides is 1. The molecule has 2 aromatic rings. The number of carbonyl (C=O) groups excluding carboxylic acids is 1. The summed E-state index contributed by atoms with van der Waals surface area (Å²) in [6.07, 6.45) is 6.69. The Kier molecular flexibility index (Phi) is 4.39. The standard InChI is InChI=1S/C16H18N4O2/c21-13-3-2-7-20(8-6-13)16(22)15-5-1-4-14(19-15)12-9-17-11-18-10-12/h1,4-5,9-11,13,21H,2-3,6-8H2/t13-/m0/s1. The number of likely N-dealkylation sites (tertiary alicyclic amines) is 1. The third-order valence-corrected chi connectivity index (χ3v) is 3.81. The summed E-state index contributed by atoms with van der Waals surface area (Å²) in [5, 5.41) is 9.68. The predicted octanol–water partition coefficient (Wildman–Crippen LogP) is 1.53. The molecule has 1 aliphatic heterocycles. The van der Waals surface area contributed by atoms with Crippen LogP contribution in [-0.4, -0.2) is 50.1 Å². The zero-order valence-electron chi connectivity index (χ0n) is 12.2. The second-order valence-electron chi connectivity index (χ2n) is 5.41. The average Bonchev–Trinajstić information content (AvgIpc) is 2.80. The lowest BCUT2D eigenvalue weighted by molar-refractivity contribution is 0.0747. The monoisotopic (exact) mass is 298 g/mol. The van der Waals surface area contributed by atoms with Gasteiger partial charge in [0.15, 0.2) is 0 Å². The van der Waals surface area contributed by atoms with Crippen LogP contribution in [0.5, 0.6) is 0 Å². The maximum atomic E-state index is 12.6. The van der Waals surface area contributed by atoms with E-state index in [0.717, 1.165) is 18.4 Å². The lowest BCUT2D eigenvalue weighted by Crippen LogP contribution is -2.32. The fourth-order valence-electron chi connectivity index (χ4n) is 2.59. The minimum Gasteiger partial charge on any atom is -0.393 e. The molecule has 0 bridgehead atoms. The molecule has 1 saturated heterocycles. The van der Waals surface area contributed by atoms with Crippen LogP contribution < -0.4 is 0 Å². The fourth-order valence-corrected chi connectivity index (χ4v) is 2.59. The number of aliphatic hydroxyl groups is 1. The molecule has 1 fully saturated rings. The van der Waals surface area contributed by atoms with Gasteiger partial charge in [0, 0.05) is 31.0 Å². The van der Waals surface area contributed by atoms with E-state index in [0.29, 0.717) is 30.9 Å². The maximum Gasteiger partial charge on any atom is 0.272 e. The maximum absolute atomic E-state index is 12.6. The second-order valence-corrected chi connectivity index (χ2v) is 5.41. The molecule has 22 heavy (non-hydrogen) atoms. The van der Waals surface area contributed by atoms with Crippen molar-refractivity contribution in [2.75, 3.05) is 13.1 Å². The summed E-state index contributed by atoms with van der Waals surface area (Å²) >= 11 is 0. The Balaban J connectivity index is 1.81. The van der Waals surface area contributed by atoms with Gasteiger partial charge in [0.05, 0.1) is 11.8 Å². The van der Waals surface area contributed by atoms with Crippen LogP contribution in [0.4, 0.5) is 0 Å². The molecule has 1 atom stereocenters. The van der Waals surface area contributed by atoms with Gasteiger partial charge in [0.1, 0.15) is 12.0 Å². The van der Waals surface area contributed by atoms with Crippen molar-refractivity contribution in [3.8, 4) is 11.3 Å². The van der Waals surface area contributed by atoms with E-state index in [1.165, 1.54) is 6.33 Å². The molecule has 0 saturated carbocycles. The number of aromatic nitrogens is 3. The van der Waals surface area contributed by atoms with Crippen molar-refractivity contribution < 1.29 is 9.90 Å². The van der Waals surface area contributed by atoms with E-state index >= 15 is 0 Å². The molecule has 114 valence electrons. The molecule has 0 radical (unpaired) electrons. The largest absolute Gasteiger partial charge is 0.393 e. The third-order valence-electron chi connectivity index (χ3n) is 3.81. The number of pyridine rings is 1. The molecule has 1 amide bonds. The number of hydrogen-bond acceptors (Lipinski definition) is 5. The van der Waals surface area contributed by atoms with Crippen LogP contribution in [0.1, 0.15) is 29.8 Å². The van der Waals surface area contributed by atoms with Gasteiger partial charge < -0.3 is 10.0 Å². The number of hydrogen-bond donors (Lipinski definition) is 1. The van der Waals surface area contributed by atoms with Crippen LogP contribution in [0.15, 0.2) is 36.9 Å². The van der Waals surface area contributed by atoms with Crippen LogP contribution >= 0.6 is 0 Å². The van der Waals surface area contributed by atoms with Gasteiger partial charge >= 0.3 is 0 Å². The van der Waals surface area contributed by atoms with Crippen LogP contribution in [0.3, 0.4) is 0 Å². The second kappa shape index (κ2) is 6.62. The number of carbonyl (C=O) groups is 1. The Morgan fingerprint density at radius 2 is 2.00 bits per heavy atom. The van der Waals surface area contributed by atoms with Gasteiger partial charge in [-0.05, 0) is 31.4 Å². The van der Waals surface area contributed by atoms with E-state index < -0.39 is 0 Å². The van der Waals surface area contributed by atoms with Crippen molar-refractivity contribution >= 4 is 5.91 Å². The van der Waals surface area contributed by atoms with E-state index in [4.69, 9.17) is 0 Å². The van der Waals surface area contributed by atoms with Crippen molar-refractivity contribution in [3.63, 3.8) is 0 Å². The molecule has 6 heteroatoms. The molecule has 1 aliphatic rings. The lowest BCUT2D eigenvalue weighted by atomic mass is 10.2. The molecule has 3 rings (SSSR count). The summed E-state index contributed by atoms with van der Waals surface area (Å²) in [7, 11) is 0. The lowest BCUT2D eigenvalue weighted by Gasteiger charge is -2.20. The normalized spacial score (nSPS) is 18.8. The van der Waals surface area contributed by atoms with Crippen molar-refractivity contribution in [2.24, 2.45) is 0 Å². The van der Waals surface area contributed by atoms with Crippen molar-refractivity contribution in [1.29, 1.82) is 0 Å². The Bertz CT molecular complexity index is 648. The zero-order chi connectivity index (χ0) is 15.4. The minimum atomic E-state index is -0.307. The van der Waals surface area contributed by atoms with Crippen LogP contribution in [0.25, 0.3) is 11.3 Å². The summed E-state index contributed by atoms with van der Waals surface area (Å²) in [5.74, 6) is -0.0900. The highest BCUT2D eigenvalue weighted by Crippen LogP contribution is 2.17. The molecule has 2 aromatic heterocycles. The summed E-state index contributed by atoms with van der Waals surface area (Å²) in [4.78, 5) is 26.7. The number of aliphatic hydroxyl groups excluding tert-OH is 1. The quantitative estimate of drug-likeness (QED) is 0.909. The average molecular weight is 298 g/mol. The van der Waals surface area contributed by atoms with E-state index in [1.54, 1.807) is 23.4 Å². The van der Waals surface area contributed by atoms with E-state index in [2.05, 4.69) is 15.0 Å². The van der Waals surface area contributed by atoms with Crippen molar-refractivity contribution in [3.05, 3.63) is 42.6 Å². The SMILES string of the molecule is O=C(c1cccc(-c2cncnc2)n1)N1CCC[C@H](O)CC1. The Morgan fingerprint density at radius 3 is 2.82 bits per heavy atom. The van der Waals surface area contributed by atoms with Crippen LogP contribution in [0.2, 0.25) is 0 Å². The first-order chi connectivity index (χ1) is 10.7. The summed E-state index contributed by atoms with van der Waals surface area (Å²) < 4.78 is 0. The van der Waals surface area contributed by atoms with Crippen molar-refractivity contribution in [1.82, 2.24) is 19.9 Å². The topological polar surface area (TPSA) is 79.2 Å². The van der Waals surface area contributed by atoms with Gasteiger partial charge in [0.25, 0.3) is 5.91 Å². The van der Waals surface area contributed by atoms with E-state index in [-0.39, 0.29) is 12.0 Å². The number of nitrogens with zero attached hydrogens (tertiary/aromatic N) is 4. The molecule has 3 heterocycles.